The van der Waals surface area contributed by atoms with E-state index in [2.05, 4.69) is 0 Å². The van der Waals surface area contributed by atoms with Crippen LogP contribution in [0.3, 0.4) is 0 Å². The second-order valence-corrected chi connectivity index (χ2v) is 5.31. The molecule has 1 aliphatic carbocycles. The van der Waals surface area contributed by atoms with Crippen LogP contribution in [0.5, 0.6) is 5.75 Å². The summed E-state index contributed by atoms with van der Waals surface area (Å²) in [6, 6.07) is 6.40. The smallest absolute Gasteiger partial charge is 0.225 e. The van der Waals surface area contributed by atoms with Gasteiger partial charge in [-0.05, 0) is 31.4 Å². The van der Waals surface area contributed by atoms with Crippen LogP contribution in [0.15, 0.2) is 24.3 Å². The van der Waals surface area contributed by atoms with Crippen LogP contribution in [-0.4, -0.2) is 37.0 Å². The average Bonchev–Trinajstić information content (AvgIpc) is 2.86. The first kappa shape index (κ1) is 14.8. The molecule has 1 aromatic carbocycles. The first-order valence-corrected chi connectivity index (χ1v) is 6.96. The van der Waals surface area contributed by atoms with Crippen LogP contribution in [0, 0.1) is 11.7 Å². The van der Waals surface area contributed by atoms with Gasteiger partial charge in [0.2, 0.25) is 5.91 Å². The lowest BCUT2D eigenvalue weighted by Crippen LogP contribution is -2.35. The van der Waals surface area contributed by atoms with Crippen LogP contribution in [0.4, 0.5) is 4.39 Å². The summed E-state index contributed by atoms with van der Waals surface area (Å²) < 4.78 is 18.7. The summed E-state index contributed by atoms with van der Waals surface area (Å²) in [4.78, 5) is 13.8. The molecule has 0 saturated heterocycles. The molecule has 0 bridgehead atoms. The van der Waals surface area contributed by atoms with Crippen molar-refractivity contribution in [3.63, 3.8) is 0 Å². The number of likely N-dealkylation sites (N-methyl/N-ethyl adjacent to an activating group) is 1. The summed E-state index contributed by atoms with van der Waals surface area (Å²) >= 11 is 0. The van der Waals surface area contributed by atoms with Gasteiger partial charge in [-0.15, -0.1) is 0 Å². The summed E-state index contributed by atoms with van der Waals surface area (Å²) in [7, 11) is 1.75. The first-order chi connectivity index (χ1) is 9.58. The molecule has 110 valence electrons. The van der Waals surface area contributed by atoms with E-state index in [1.165, 1.54) is 6.07 Å². The number of carbonyl (C=O) groups excluding carboxylic acids is 1. The number of hydrogen-bond acceptors (Lipinski definition) is 3. The van der Waals surface area contributed by atoms with E-state index in [-0.39, 0.29) is 36.0 Å². The molecule has 2 N–H and O–H groups in total. The maximum atomic E-state index is 13.3. The Hall–Kier alpha value is -1.62. The Labute approximate surface area is 118 Å². The van der Waals surface area contributed by atoms with Crippen molar-refractivity contribution < 1.29 is 13.9 Å². The van der Waals surface area contributed by atoms with Crippen molar-refractivity contribution in [2.45, 2.75) is 25.3 Å². The average molecular weight is 280 g/mol. The minimum Gasteiger partial charge on any atom is -0.489 e. The molecule has 2 unspecified atom stereocenters. The number of amides is 1. The second-order valence-electron chi connectivity index (χ2n) is 5.31. The highest BCUT2D eigenvalue weighted by Gasteiger charge is 2.29. The molecule has 2 atom stereocenters. The van der Waals surface area contributed by atoms with Gasteiger partial charge in [-0.3, -0.25) is 4.79 Å². The molecule has 1 fully saturated rings. The Kier molecular flexibility index (Phi) is 4.95. The molecule has 0 aliphatic heterocycles. The highest BCUT2D eigenvalue weighted by molar-refractivity contribution is 5.78. The van der Waals surface area contributed by atoms with Crippen LogP contribution < -0.4 is 10.5 Å². The highest BCUT2D eigenvalue weighted by atomic mass is 19.1. The number of nitrogens with zero attached hydrogens (tertiary/aromatic N) is 1. The number of benzene rings is 1. The normalized spacial score (nSPS) is 21.8. The molecular formula is C15H21FN2O2. The van der Waals surface area contributed by atoms with Gasteiger partial charge < -0.3 is 15.4 Å². The molecule has 1 amide bonds. The molecule has 20 heavy (non-hydrogen) atoms. The van der Waals surface area contributed by atoms with Crippen molar-refractivity contribution in [2.24, 2.45) is 11.7 Å². The van der Waals surface area contributed by atoms with Crippen LogP contribution in [0.25, 0.3) is 0 Å². The van der Waals surface area contributed by atoms with Crippen molar-refractivity contribution >= 4 is 5.91 Å². The zero-order valence-corrected chi connectivity index (χ0v) is 11.7. The molecule has 4 nitrogen and oxygen atoms in total. The third-order valence-electron chi connectivity index (χ3n) is 3.72. The molecule has 0 spiro atoms. The molecule has 0 heterocycles. The summed E-state index contributed by atoms with van der Waals surface area (Å²) in [5.74, 6) is -0.0296. The predicted octanol–water partition coefficient (Wildman–Crippen LogP) is 1.79. The maximum absolute atomic E-state index is 13.3. The molecule has 1 aromatic rings. The van der Waals surface area contributed by atoms with Crippen molar-refractivity contribution in [3.8, 4) is 5.75 Å². The van der Waals surface area contributed by atoms with Crippen LogP contribution in [0.2, 0.25) is 0 Å². The fourth-order valence-electron chi connectivity index (χ4n) is 2.52. The fourth-order valence-corrected chi connectivity index (χ4v) is 2.52. The Morgan fingerprint density at radius 1 is 1.45 bits per heavy atom. The molecule has 2 rings (SSSR count). The lowest BCUT2D eigenvalue weighted by Gasteiger charge is -2.21. The van der Waals surface area contributed by atoms with Crippen LogP contribution in [-0.2, 0) is 4.79 Å². The second kappa shape index (κ2) is 6.70. The van der Waals surface area contributed by atoms with Gasteiger partial charge in [-0.25, -0.2) is 4.39 Å². The standard InChI is InChI=1S/C15H21FN2O2/c1-18(15(19)11-6-7-12(17)10-11)8-9-20-14-5-3-2-4-13(14)16/h2-5,11-12H,6-10,17H2,1H3. The van der Waals surface area contributed by atoms with Gasteiger partial charge in [0.05, 0.1) is 6.54 Å². The van der Waals surface area contributed by atoms with Crippen molar-refractivity contribution in [3.05, 3.63) is 30.1 Å². The van der Waals surface area contributed by atoms with E-state index in [1.807, 2.05) is 0 Å². The van der Waals surface area contributed by atoms with Crippen molar-refractivity contribution in [1.82, 2.24) is 4.90 Å². The number of para-hydroxylation sites is 1. The monoisotopic (exact) mass is 280 g/mol. The third-order valence-corrected chi connectivity index (χ3v) is 3.72. The van der Waals surface area contributed by atoms with E-state index in [0.717, 1.165) is 19.3 Å². The van der Waals surface area contributed by atoms with E-state index in [9.17, 15) is 9.18 Å². The maximum Gasteiger partial charge on any atom is 0.225 e. The molecule has 1 aliphatic rings. The quantitative estimate of drug-likeness (QED) is 0.894. The Bertz CT molecular complexity index is 467. The molecular weight excluding hydrogens is 259 g/mol. The van der Waals surface area contributed by atoms with Crippen molar-refractivity contribution in [1.29, 1.82) is 0 Å². The summed E-state index contributed by atoms with van der Waals surface area (Å²) in [6.45, 7) is 0.723. The lowest BCUT2D eigenvalue weighted by atomic mass is 10.1. The summed E-state index contributed by atoms with van der Waals surface area (Å²) in [5.41, 5.74) is 5.82. The molecule has 1 saturated carbocycles. The summed E-state index contributed by atoms with van der Waals surface area (Å²) in [5, 5.41) is 0. The summed E-state index contributed by atoms with van der Waals surface area (Å²) in [6.07, 6.45) is 2.53. The Balaban J connectivity index is 1.76. The van der Waals surface area contributed by atoms with E-state index in [1.54, 1.807) is 30.1 Å². The topological polar surface area (TPSA) is 55.6 Å². The zero-order chi connectivity index (χ0) is 14.5. The molecule has 0 aromatic heterocycles. The van der Waals surface area contributed by atoms with E-state index in [0.29, 0.717) is 6.54 Å². The van der Waals surface area contributed by atoms with Gasteiger partial charge in [0, 0.05) is 19.0 Å². The van der Waals surface area contributed by atoms with E-state index < -0.39 is 0 Å². The third kappa shape index (κ3) is 3.70. The predicted molar refractivity (Wildman–Crippen MR) is 74.8 cm³/mol. The number of carbonyl (C=O) groups is 1. The minimum absolute atomic E-state index is 0.0310. The number of rotatable bonds is 5. The van der Waals surface area contributed by atoms with E-state index >= 15 is 0 Å². The van der Waals surface area contributed by atoms with Gasteiger partial charge in [0.25, 0.3) is 0 Å². The largest absolute Gasteiger partial charge is 0.489 e. The number of hydrogen-bond donors (Lipinski definition) is 1. The van der Waals surface area contributed by atoms with Crippen LogP contribution in [0.1, 0.15) is 19.3 Å². The number of ether oxygens (including phenoxy) is 1. The minimum atomic E-state index is -0.386. The van der Waals surface area contributed by atoms with Gasteiger partial charge in [0.1, 0.15) is 6.61 Å². The van der Waals surface area contributed by atoms with Gasteiger partial charge in [-0.2, -0.15) is 0 Å². The zero-order valence-electron chi connectivity index (χ0n) is 11.7. The van der Waals surface area contributed by atoms with Gasteiger partial charge >= 0.3 is 0 Å². The molecule has 0 radical (unpaired) electrons. The van der Waals surface area contributed by atoms with Crippen LogP contribution >= 0.6 is 0 Å². The fraction of sp³-hybridized carbons (Fsp3) is 0.533. The van der Waals surface area contributed by atoms with Crippen molar-refractivity contribution in [2.75, 3.05) is 20.2 Å². The first-order valence-electron chi connectivity index (χ1n) is 6.96. The van der Waals surface area contributed by atoms with Gasteiger partial charge in [0.15, 0.2) is 11.6 Å². The van der Waals surface area contributed by atoms with E-state index in [4.69, 9.17) is 10.5 Å². The van der Waals surface area contributed by atoms with Gasteiger partial charge in [-0.1, -0.05) is 12.1 Å². The number of halogens is 1. The highest BCUT2D eigenvalue weighted by Crippen LogP contribution is 2.25. The SMILES string of the molecule is CN(CCOc1ccccc1F)C(=O)C1CCC(N)C1. The molecule has 5 heteroatoms. The lowest BCUT2D eigenvalue weighted by molar-refractivity contribution is -0.134. The number of nitrogens with two attached hydrogens (primary N) is 1. The Morgan fingerprint density at radius 3 is 2.85 bits per heavy atom. The Morgan fingerprint density at radius 2 is 2.20 bits per heavy atom.